The van der Waals surface area contributed by atoms with Crippen molar-refractivity contribution >= 4 is 101 Å². The van der Waals surface area contributed by atoms with Crippen LogP contribution in [0.25, 0.3) is 0 Å². The van der Waals surface area contributed by atoms with Gasteiger partial charge < -0.3 is 154 Å². The van der Waals surface area contributed by atoms with E-state index in [0.29, 0.717) is 0 Å². The van der Waals surface area contributed by atoms with E-state index < -0.39 is 305 Å². The quantitative estimate of drug-likeness (QED) is 0.0177. The molecule has 2 bridgehead atoms. The van der Waals surface area contributed by atoms with Crippen molar-refractivity contribution in [1.29, 1.82) is 0 Å². The molecule has 0 radical (unpaired) electrons. The Morgan fingerprint density at radius 2 is 0.664 bits per heavy atom. The number of carboxylic acids is 3. The van der Waals surface area contributed by atoms with Crippen molar-refractivity contribution in [2.75, 3.05) is 19.8 Å². The normalized spacial score (nSPS) is 35.9. The number of nitrogens with one attached hydrogen (secondary N) is 3. The first-order chi connectivity index (χ1) is 46.5. The van der Waals surface area contributed by atoms with Crippen molar-refractivity contribution in [3.63, 3.8) is 0 Å². The minimum absolute atomic E-state index is 0. The zero-order chi connectivity index (χ0) is 77.4. The largest absolute Gasteiger partial charge is 1.00 e. The van der Waals surface area contributed by atoms with Crippen LogP contribution >= 0.6 is 0 Å². The van der Waals surface area contributed by atoms with Crippen LogP contribution in [-0.4, -0.2) is 350 Å². The molecule has 56 nitrogen and oxygen atoms in total. The molecule has 113 heavy (non-hydrogen) atoms. The molecular weight excluding hydrogens is 1860 g/mol. The Kier molecular flexibility index (Phi) is 63.5. The van der Waals surface area contributed by atoms with Gasteiger partial charge >= 0.3 is 325 Å². The van der Waals surface area contributed by atoms with Gasteiger partial charge in [0.1, 0.15) is 116 Å². The fourth-order valence-electron chi connectivity index (χ4n) is 10.6. The van der Waals surface area contributed by atoms with Crippen LogP contribution in [0.4, 0.5) is 0 Å². The first kappa shape index (κ1) is 131. The van der Waals surface area contributed by atoms with E-state index in [2.05, 4.69) is 20.9 Å². The van der Waals surface area contributed by atoms with E-state index in [1.54, 1.807) is 0 Å². The monoisotopic (exact) mass is 1910 g/mol. The van der Waals surface area contributed by atoms with Crippen LogP contribution in [0.5, 0.6) is 0 Å². The van der Waals surface area contributed by atoms with Crippen LogP contribution in [0, 0.1) is 0 Å². The first-order valence-electron chi connectivity index (χ1n) is 27.3. The Morgan fingerprint density at radius 3 is 0.973 bits per heavy atom. The molecule has 7 aliphatic rings. The van der Waals surface area contributed by atoms with Crippen LogP contribution in [0.2, 0.25) is 0 Å². The summed E-state index contributed by atoms with van der Waals surface area (Å²) in [4.78, 5) is 37.5. The van der Waals surface area contributed by atoms with E-state index >= 15 is 0 Å². The van der Waals surface area contributed by atoms with Gasteiger partial charge in [-0.25, -0.2) is 81.5 Å². The number of aliphatic hydroxyl groups is 6. The number of carbonyl (C=O) groups is 3. The Morgan fingerprint density at radius 1 is 0.363 bits per heavy atom. The Balaban J connectivity index is -0.00000218. The topological polar surface area (TPSA) is 892 Å². The predicted molar refractivity (Wildman–Crippen MR) is 274 cm³/mol. The molecule has 7 heterocycles. The second-order valence-corrected chi connectivity index (χ2v) is 29.7. The van der Waals surface area contributed by atoms with Crippen LogP contribution in [-0.2, 0) is 175 Å². The van der Waals surface area contributed by atoms with Crippen LogP contribution in [0.1, 0.15) is 20.3 Å². The molecule has 7 saturated heterocycles. The minimum atomic E-state index is -6.59. The predicted octanol–water partition coefficient (Wildman–Crippen LogP) is -53.1. The Hall–Kier alpha value is 7.65. The summed E-state index contributed by atoms with van der Waals surface area (Å²) >= 11 is 0. The number of ether oxygens (including phenoxy) is 12. The van der Waals surface area contributed by atoms with Gasteiger partial charge in [-0.1, -0.05) is 13.8 Å². The summed E-state index contributed by atoms with van der Waals surface area (Å²) in [5.41, 5.74) is 0. The first-order valence-corrected chi connectivity index (χ1v) is 38.2. The van der Waals surface area contributed by atoms with Crippen molar-refractivity contribution in [2.24, 2.45) is 0 Å². The van der Waals surface area contributed by atoms with Crippen molar-refractivity contribution in [3.05, 3.63) is 0 Å². The van der Waals surface area contributed by atoms with E-state index in [-0.39, 0.29) is 325 Å². The summed E-state index contributed by atoms with van der Waals surface area (Å²) in [5.74, 6) is -7.83. The number of carbonyl (C=O) groups excluding carboxylic acids is 3. The van der Waals surface area contributed by atoms with Gasteiger partial charge in [-0.05, 0) is 0 Å². The second-order valence-electron chi connectivity index (χ2n) is 21.1. The van der Waals surface area contributed by atoms with Crippen LogP contribution < -0.4 is 355 Å². The fraction of sp³-hybridized carbons (Fsp3) is 0.921. The third-order valence-electron chi connectivity index (χ3n) is 14.4. The average molecular weight is 1910 g/mol. The summed E-state index contributed by atoms with van der Waals surface area (Å²) in [7, 11) is -49.3. The number of rotatable bonds is 31. The number of hydrogen-bond donors (Lipinski definition) is 9. The summed E-state index contributed by atoms with van der Waals surface area (Å²) in [6.45, 7) is -0.754. The van der Waals surface area contributed by atoms with E-state index in [1.807, 2.05) is 13.8 Å². The van der Waals surface area contributed by atoms with E-state index in [0.717, 1.165) is 9.44 Å². The summed E-state index contributed by atoms with van der Waals surface area (Å²) in [6, 6.07) is -8.45. The van der Waals surface area contributed by atoms with Crippen molar-refractivity contribution in [3.8, 4) is 0 Å². The number of aliphatic hydroxyl groups excluding tert-OH is 6. The van der Waals surface area contributed by atoms with Gasteiger partial charge in [-0.3, -0.25) is 20.9 Å². The molecule has 7 aliphatic heterocycles. The zero-order valence-electron chi connectivity index (χ0n) is 60.7. The fourth-order valence-corrected chi connectivity index (χ4v) is 14.3. The second kappa shape index (κ2) is 54.6. The molecule has 0 amide bonds. The van der Waals surface area contributed by atoms with Crippen molar-refractivity contribution in [2.45, 2.75) is 198 Å². The van der Waals surface area contributed by atoms with Gasteiger partial charge in [0, 0.05) is 6.42 Å². The van der Waals surface area contributed by atoms with Crippen LogP contribution in [0.15, 0.2) is 0 Å². The molecular formula is C38H52N3Na11O53S8. The van der Waals surface area contributed by atoms with Crippen LogP contribution in [0.3, 0.4) is 0 Å². The summed E-state index contributed by atoms with van der Waals surface area (Å²) in [6.07, 6.45) is -77.6. The summed E-state index contributed by atoms with van der Waals surface area (Å²) < 4.78 is 374. The van der Waals surface area contributed by atoms with Gasteiger partial charge in [0.2, 0.25) is 52.0 Å². The van der Waals surface area contributed by atoms with Crippen molar-refractivity contribution in [1.82, 2.24) is 14.2 Å². The number of fused-ring (bicyclic) bond motifs is 2. The maximum Gasteiger partial charge on any atom is 1.00 e. The molecule has 0 saturated carbocycles. The molecule has 0 aromatic heterocycles. The molecule has 7 fully saturated rings. The van der Waals surface area contributed by atoms with Gasteiger partial charge in [-0.2, -0.15) is 0 Å². The Labute approximate surface area is 884 Å². The standard InChI is InChI=1S/C36H57N3O53S8.C2H6.11Na/c40-5-1-6(28(46)47)79-34(18(5)90-98(67,68)69)83-20-8(3-77-96(61,62)63)81-32(11(14(20)42)38-94(55,56)57)86-23-17(45)25(92-100(73,74)75)36(89-27(23)30(50)51)85-21-9(4-78-97(64,65)66)82-33(12(15(21)43)39-95(58,59)60)87-22-16(44)24(91-99(70,71)72)35(88-26(22)29(48)49)84-19-7-2-76-31(80-7)10(13(19)41)37-93(52,53)54;1-2;;;;;;;;;;;/h5-27,31-45H,1-4H2,(H,46,47)(H,48,49)(H,50,51)(H,52,53,54)(H,55,56,57)(H,58,59,60)(H,61,62,63)(H,64,65,66)(H,67,68,69)(H,70,71,72)(H,73,74,75);1-2H3;;;;;;;;;;;/q;;11*+1/p-11. The molecule has 596 valence electrons. The molecule has 7 rings (SSSR count). The molecule has 0 aliphatic carbocycles. The molecule has 0 aromatic rings. The zero-order valence-corrected chi connectivity index (χ0v) is 89.2. The smallest absolute Gasteiger partial charge is 0.735 e. The number of carboxylic acid groups (broad SMARTS) is 3. The maximum atomic E-state index is 13.0. The van der Waals surface area contributed by atoms with E-state index in [4.69, 9.17) is 56.8 Å². The van der Waals surface area contributed by atoms with Crippen molar-refractivity contribution < 1.29 is 567 Å². The molecule has 9 N–H and O–H groups in total. The van der Waals surface area contributed by atoms with Gasteiger partial charge in [0.05, 0.1) is 43.8 Å². The molecule has 0 spiro atoms. The average Bonchev–Trinajstić information content (AvgIpc) is 1.58. The number of hydrogen-bond acceptors (Lipinski definition) is 53. The summed E-state index contributed by atoms with van der Waals surface area (Å²) in [5, 5.41) is 106. The molecule has 0 aromatic carbocycles. The molecule has 29 atom stereocenters. The van der Waals surface area contributed by atoms with Gasteiger partial charge in [-0.15, -0.1) is 0 Å². The van der Waals surface area contributed by atoms with Gasteiger partial charge in [0.25, 0.3) is 0 Å². The third kappa shape index (κ3) is 40.3. The molecule has 75 heteroatoms. The number of aliphatic carboxylic acids is 3. The van der Waals surface area contributed by atoms with E-state index in [1.165, 1.54) is 4.72 Å². The maximum absolute atomic E-state index is 13.0. The SMILES string of the molecule is CC.O=C([O-])C1CC(O)C(OS(=O)(=O)[O-])C(OC2C(COS(=O)(=O)[O-])OC(OC3C(C(=O)[O-])OC(OC4C(COS(=O)(=O)[O-])OC(OC5C(C(=O)[O-])OC(OC6C7COC(O7)C(NS(=O)(=O)[O-])C6O)C(OS(=O)(=O)[O-])C5O)C(NS(=O)(=O)[O-])C4O)C(OS(=O)(=O)[O-])C3O)C(NS(=O)(=O)[O-])C2O)O1.[Na+].[Na+].[Na+].[Na+].[Na+].[Na+].[Na+].[Na+].[Na+].[Na+].[Na+]. The minimum Gasteiger partial charge on any atom is -0.735 e. The molecule has 29 unspecified atom stereocenters. The third-order valence-corrected chi connectivity index (χ3v) is 18.3. The Bertz CT molecular complexity index is 3940. The van der Waals surface area contributed by atoms with E-state index in [9.17, 15) is 164 Å². The van der Waals surface area contributed by atoms with Gasteiger partial charge in [0.15, 0.2) is 87.0 Å².